The van der Waals surface area contributed by atoms with Crippen molar-refractivity contribution in [1.82, 2.24) is 10.2 Å². The Kier molecular flexibility index (Phi) is 1.65. The van der Waals surface area contributed by atoms with Gasteiger partial charge < -0.3 is 10.2 Å². The third-order valence-corrected chi connectivity index (χ3v) is 2.75. The Morgan fingerprint density at radius 1 is 1.67 bits per heavy atom. The van der Waals surface area contributed by atoms with E-state index < -0.39 is 0 Å². The van der Waals surface area contributed by atoms with Crippen LogP contribution >= 0.6 is 0 Å². The summed E-state index contributed by atoms with van der Waals surface area (Å²) in [5, 5.41) is 11.5. The van der Waals surface area contributed by atoms with Gasteiger partial charge in [0, 0.05) is 31.5 Å². The molecule has 64 valence electrons. The average Bonchev–Trinajstić information content (AvgIpc) is 2.47. The number of rotatable bonds is 0. The minimum Gasteiger partial charge on any atom is -0.355 e. The summed E-state index contributed by atoms with van der Waals surface area (Å²) < 4.78 is 0. The first kappa shape index (κ1) is 7.41. The number of hydrogen-bond acceptors (Lipinski definition) is 3. The van der Waals surface area contributed by atoms with Crippen LogP contribution in [0, 0.1) is 23.3 Å². The van der Waals surface area contributed by atoms with E-state index in [2.05, 4.69) is 11.5 Å². The maximum Gasteiger partial charge on any atom is 0.223 e. The second-order valence-electron chi connectivity index (χ2n) is 3.45. The first-order valence-corrected chi connectivity index (χ1v) is 4.23. The average molecular weight is 165 g/mol. The van der Waals surface area contributed by atoms with Gasteiger partial charge in [-0.25, -0.2) is 0 Å². The molecule has 2 atom stereocenters. The fraction of sp³-hybridized carbons (Fsp3) is 0.750. The molecule has 0 aromatic heterocycles. The van der Waals surface area contributed by atoms with Gasteiger partial charge in [-0.15, -0.1) is 0 Å². The number of fused-ring (bicyclic) bond motifs is 1. The number of hydrogen-bond donors (Lipinski definition) is 1. The fourth-order valence-corrected chi connectivity index (χ4v) is 2.04. The van der Waals surface area contributed by atoms with Crippen LogP contribution in [0.25, 0.3) is 0 Å². The molecule has 0 saturated carbocycles. The predicted molar refractivity (Wildman–Crippen MR) is 41.8 cm³/mol. The van der Waals surface area contributed by atoms with E-state index >= 15 is 0 Å². The standard InChI is InChI=1S/C8H11N3O/c9-5-11-2-1-7-6(4-11)3-10-8(7)12/h6-7H,1-4H2,(H,10,12). The first-order valence-electron chi connectivity index (χ1n) is 4.23. The molecule has 2 heterocycles. The van der Waals surface area contributed by atoms with Crippen molar-refractivity contribution in [1.29, 1.82) is 5.26 Å². The molecule has 0 bridgehead atoms. The van der Waals surface area contributed by atoms with Crippen molar-refractivity contribution in [3.05, 3.63) is 0 Å². The number of nitrogens with zero attached hydrogens (tertiary/aromatic N) is 2. The van der Waals surface area contributed by atoms with Crippen molar-refractivity contribution >= 4 is 5.91 Å². The Morgan fingerprint density at radius 3 is 3.25 bits per heavy atom. The number of nitrogens with one attached hydrogen (secondary N) is 1. The van der Waals surface area contributed by atoms with Gasteiger partial charge in [-0.05, 0) is 6.42 Å². The molecule has 0 aromatic rings. The van der Waals surface area contributed by atoms with Gasteiger partial charge >= 0.3 is 0 Å². The van der Waals surface area contributed by atoms with Crippen LogP contribution in [0.15, 0.2) is 0 Å². The largest absolute Gasteiger partial charge is 0.355 e. The summed E-state index contributed by atoms with van der Waals surface area (Å²) in [5.41, 5.74) is 0. The van der Waals surface area contributed by atoms with Gasteiger partial charge in [-0.3, -0.25) is 4.79 Å². The van der Waals surface area contributed by atoms with E-state index in [0.717, 1.165) is 26.1 Å². The predicted octanol–water partition coefficient (Wildman–Crippen LogP) is -0.465. The quantitative estimate of drug-likeness (QED) is 0.494. The number of nitriles is 1. The summed E-state index contributed by atoms with van der Waals surface area (Å²) in [6.45, 7) is 2.24. The van der Waals surface area contributed by atoms with Crippen molar-refractivity contribution in [3.8, 4) is 6.19 Å². The van der Waals surface area contributed by atoms with Crippen LogP contribution in [-0.2, 0) is 4.79 Å². The van der Waals surface area contributed by atoms with Crippen molar-refractivity contribution in [2.24, 2.45) is 11.8 Å². The Balaban J connectivity index is 2.05. The zero-order valence-corrected chi connectivity index (χ0v) is 6.79. The van der Waals surface area contributed by atoms with E-state index in [4.69, 9.17) is 5.26 Å². The highest BCUT2D eigenvalue weighted by Gasteiger charge is 2.38. The highest BCUT2D eigenvalue weighted by atomic mass is 16.2. The van der Waals surface area contributed by atoms with E-state index in [1.54, 1.807) is 4.90 Å². The third-order valence-electron chi connectivity index (χ3n) is 2.75. The van der Waals surface area contributed by atoms with Crippen molar-refractivity contribution in [2.75, 3.05) is 19.6 Å². The third kappa shape index (κ3) is 1.02. The number of amides is 1. The smallest absolute Gasteiger partial charge is 0.223 e. The van der Waals surface area contributed by atoms with Crippen LogP contribution in [0.4, 0.5) is 0 Å². The van der Waals surface area contributed by atoms with E-state index in [9.17, 15) is 4.79 Å². The lowest BCUT2D eigenvalue weighted by atomic mass is 9.88. The number of carbonyl (C=O) groups excluding carboxylic acids is 1. The summed E-state index contributed by atoms with van der Waals surface area (Å²) in [7, 11) is 0. The summed E-state index contributed by atoms with van der Waals surface area (Å²) >= 11 is 0. The summed E-state index contributed by atoms with van der Waals surface area (Å²) in [4.78, 5) is 12.9. The zero-order valence-electron chi connectivity index (χ0n) is 6.79. The fourth-order valence-electron chi connectivity index (χ4n) is 2.04. The molecule has 2 rings (SSSR count). The SMILES string of the molecule is N#CN1CCC2C(=O)NCC2C1. The van der Waals surface area contributed by atoms with Crippen LogP contribution in [0.2, 0.25) is 0 Å². The molecule has 4 heteroatoms. The van der Waals surface area contributed by atoms with Crippen molar-refractivity contribution in [3.63, 3.8) is 0 Å². The molecule has 0 aliphatic carbocycles. The van der Waals surface area contributed by atoms with E-state index in [-0.39, 0.29) is 11.8 Å². The lowest BCUT2D eigenvalue weighted by Crippen LogP contribution is -2.37. The second kappa shape index (κ2) is 2.67. The monoisotopic (exact) mass is 165 g/mol. The summed E-state index contributed by atoms with van der Waals surface area (Å²) in [6.07, 6.45) is 2.96. The molecule has 1 amide bonds. The van der Waals surface area contributed by atoms with Crippen LogP contribution in [-0.4, -0.2) is 30.4 Å². The topological polar surface area (TPSA) is 56.1 Å². The minimum atomic E-state index is 0.176. The molecule has 2 unspecified atom stereocenters. The normalized spacial score (nSPS) is 33.9. The van der Waals surface area contributed by atoms with Gasteiger partial charge in [0.05, 0.1) is 0 Å². The second-order valence-corrected chi connectivity index (χ2v) is 3.45. The highest BCUT2D eigenvalue weighted by molar-refractivity contribution is 5.81. The number of carbonyl (C=O) groups is 1. The molecule has 0 aromatic carbocycles. The molecular weight excluding hydrogens is 154 g/mol. The molecule has 0 spiro atoms. The van der Waals surface area contributed by atoms with E-state index in [1.807, 2.05) is 0 Å². The molecule has 12 heavy (non-hydrogen) atoms. The molecule has 1 N–H and O–H groups in total. The van der Waals surface area contributed by atoms with Gasteiger partial charge in [0.15, 0.2) is 6.19 Å². The molecule has 2 saturated heterocycles. The highest BCUT2D eigenvalue weighted by Crippen LogP contribution is 2.26. The lowest BCUT2D eigenvalue weighted by molar-refractivity contribution is -0.123. The number of piperidine rings is 1. The van der Waals surface area contributed by atoms with Gasteiger partial charge in [0.2, 0.25) is 5.91 Å². The molecule has 2 aliphatic rings. The van der Waals surface area contributed by atoms with Gasteiger partial charge in [-0.2, -0.15) is 5.26 Å². The summed E-state index contributed by atoms with van der Waals surface area (Å²) in [6, 6.07) is 0. The molecule has 0 radical (unpaired) electrons. The maximum absolute atomic E-state index is 11.2. The zero-order chi connectivity index (χ0) is 8.55. The molecule has 4 nitrogen and oxygen atoms in total. The van der Waals surface area contributed by atoms with Gasteiger partial charge in [0.1, 0.15) is 0 Å². The Bertz CT molecular complexity index is 245. The van der Waals surface area contributed by atoms with Crippen molar-refractivity contribution < 1.29 is 4.79 Å². The molecular formula is C8H11N3O. The van der Waals surface area contributed by atoms with E-state index in [0.29, 0.717) is 5.92 Å². The minimum absolute atomic E-state index is 0.176. The van der Waals surface area contributed by atoms with Crippen LogP contribution < -0.4 is 5.32 Å². The van der Waals surface area contributed by atoms with Crippen LogP contribution in [0.3, 0.4) is 0 Å². The van der Waals surface area contributed by atoms with Crippen molar-refractivity contribution in [2.45, 2.75) is 6.42 Å². The lowest BCUT2D eigenvalue weighted by Gasteiger charge is -2.29. The van der Waals surface area contributed by atoms with Gasteiger partial charge in [-0.1, -0.05) is 0 Å². The Morgan fingerprint density at radius 2 is 2.50 bits per heavy atom. The maximum atomic E-state index is 11.2. The molecule has 2 fully saturated rings. The summed E-state index contributed by atoms with van der Waals surface area (Å²) in [5.74, 6) is 0.720. The van der Waals surface area contributed by atoms with Crippen LogP contribution in [0.5, 0.6) is 0 Å². The number of likely N-dealkylation sites (tertiary alicyclic amines) is 1. The Labute approximate surface area is 71.1 Å². The Hall–Kier alpha value is -1.24. The van der Waals surface area contributed by atoms with Crippen LogP contribution in [0.1, 0.15) is 6.42 Å². The van der Waals surface area contributed by atoms with Gasteiger partial charge in [0.25, 0.3) is 0 Å². The van der Waals surface area contributed by atoms with E-state index in [1.165, 1.54) is 0 Å². The molecule has 2 aliphatic heterocycles. The first-order chi connectivity index (χ1) is 5.81.